The molecule has 0 amide bonds. The molecule has 3 rings (SSSR count). The summed E-state index contributed by atoms with van der Waals surface area (Å²) in [6, 6.07) is 9.95. The van der Waals surface area contributed by atoms with E-state index in [1.807, 2.05) is 0 Å². The van der Waals surface area contributed by atoms with Crippen LogP contribution < -0.4 is 5.73 Å². The lowest BCUT2D eigenvalue weighted by Crippen LogP contribution is -2.38. The van der Waals surface area contributed by atoms with Gasteiger partial charge in [-0.3, -0.25) is 4.90 Å². The van der Waals surface area contributed by atoms with Crippen molar-refractivity contribution in [1.29, 1.82) is 0 Å². The van der Waals surface area contributed by atoms with Crippen LogP contribution in [-0.2, 0) is 6.42 Å². The van der Waals surface area contributed by atoms with Crippen LogP contribution in [0, 0.1) is 0 Å². The Morgan fingerprint density at radius 3 is 2.67 bits per heavy atom. The summed E-state index contributed by atoms with van der Waals surface area (Å²) in [6.45, 7) is 3.27. The summed E-state index contributed by atoms with van der Waals surface area (Å²) >= 11 is 0. The van der Waals surface area contributed by atoms with Crippen molar-refractivity contribution in [1.82, 2.24) is 4.90 Å². The van der Waals surface area contributed by atoms with Crippen molar-refractivity contribution >= 4 is 0 Å². The fraction of sp³-hybridized carbons (Fsp3) is 0.684. The molecule has 0 saturated heterocycles. The molecule has 2 N–H and O–H groups in total. The second-order valence-corrected chi connectivity index (χ2v) is 6.86. The van der Waals surface area contributed by atoms with Gasteiger partial charge < -0.3 is 5.73 Å². The van der Waals surface area contributed by atoms with E-state index in [1.54, 1.807) is 11.1 Å². The third-order valence-electron chi connectivity index (χ3n) is 5.44. The maximum atomic E-state index is 5.76. The third-order valence-corrected chi connectivity index (χ3v) is 5.44. The van der Waals surface area contributed by atoms with Crippen molar-refractivity contribution in [3.05, 3.63) is 35.4 Å². The van der Waals surface area contributed by atoms with E-state index in [2.05, 4.69) is 29.2 Å². The van der Waals surface area contributed by atoms with E-state index >= 15 is 0 Å². The maximum Gasteiger partial charge on any atom is 0.00955 e. The van der Waals surface area contributed by atoms with Crippen LogP contribution in [-0.4, -0.2) is 30.6 Å². The number of hydrogen-bond donors (Lipinski definition) is 1. The molecule has 0 aromatic heterocycles. The van der Waals surface area contributed by atoms with E-state index in [4.69, 9.17) is 5.73 Å². The van der Waals surface area contributed by atoms with Gasteiger partial charge >= 0.3 is 0 Å². The molecule has 2 heteroatoms. The van der Waals surface area contributed by atoms with E-state index in [-0.39, 0.29) is 0 Å². The van der Waals surface area contributed by atoms with Gasteiger partial charge in [0, 0.05) is 12.6 Å². The quantitative estimate of drug-likeness (QED) is 0.864. The molecule has 1 atom stereocenters. The first-order chi connectivity index (χ1) is 10.4. The molecule has 1 fully saturated rings. The molecule has 0 bridgehead atoms. The number of nitrogens with two attached hydrogens (primary N) is 1. The van der Waals surface area contributed by atoms with Crippen molar-refractivity contribution in [3.8, 4) is 0 Å². The molecular weight excluding hydrogens is 256 g/mol. The summed E-state index contributed by atoms with van der Waals surface area (Å²) in [7, 11) is 0. The monoisotopic (exact) mass is 286 g/mol. The van der Waals surface area contributed by atoms with E-state index in [1.165, 1.54) is 58.0 Å². The molecule has 1 unspecified atom stereocenters. The predicted octanol–water partition coefficient (Wildman–Crippen LogP) is 3.70. The number of hydrogen-bond acceptors (Lipinski definition) is 2. The van der Waals surface area contributed by atoms with Crippen LogP contribution in [0.4, 0.5) is 0 Å². The highest BCUT2D eigenvalue weighted by Gasteiger charge is 2.27. The molecule has 2 aliphatic carbocycles. The van der Waals surface area contributed by atoms with Crippen LogP contribution in [0.1, 0.15) is 62.0 Å². The Morgan fingerprint density at radius 2 is 1.86 bits per heavy atom. The first kappa shape index (κ1) is 15.1. The lowest BCUT2D eigenvalue weighted by molar-refractivity contribution is 0.180. The summed E-state index contributed by atoms with van der Waals surface area (Å²) < 4.78 is 0. The molecule has 21 heavy (non-hydrogen) atoms. The minimum absolute atomic E-state index is 0.744. The smallest absolute Gasteiger partial charge is 0.00955 e. The minimum Gasteiger partial charge on any atom is -0.330 e. The Kier molecular flexibility index (Phi) is 5.32. The molecule has 1 saturated carbocycles. The van der Waals surface area contributed by atoms with Gasteiger partial charge in [0.1, 0.15) is 0 Å². The Hall–Kier alpha value is -0.860. The minimum atomic E-state index is 0.744. The number of rotatable bonds is 6. The van der Waals surface area contributed by atoms with Crippen LogP contribution >= 0.6 is 0 Å². The van der Waals surface area contributed by atoms with Gasteiger partial charge in [-0.05, 0) is 68.7 Å². The number of nitrogens with zero attached hydrogens (tertiary/aromatic N) is 1. The highest BCUT2D eigenvalue weighted by molar-refractivity contribution is 5.32. The fourth-order valence-electron chi connectivity index (χ4n) is 4.31. The predicted molar refractivity (Wildman–Crippen MR) is 89.6 cm³/mol. The molecule has 0 heterocycles. The van der Waals surface area contributed by atoms with Crippen molar-refractivity contribution in [2.75, 3.05) is 19.6 Å². The normalized spacial score (nSPS) is 22.7. The number of aryl methyl sites for hydroxylation is 1. The van der Waals surface area contributed by atoms with E-state index < -0.39 is 0 Å². The van der Waals surface area contributed by atoms with Crippen LogP contribution in [0.15, 0.2) is 24.3 Å². The average molecular weight is 286 g/mol. The Labute approximate surface area is 129 Å². The van der Waals surface area contributed by atoms with Crippen LogP contribution in [0.2, 0.25) is 0 Å². The van der Waals surface area contributed by atoms with Gasteiger partial charge in [0.15, 0.2) is 0 Å². The second kappa shape index (κ2) is 7.42. The van der Waals surface area contributed by atoms with Gasteiger partial charge in [0.05, 0.1) is 0 Å². The Morgan fingerprint density at radius 1 is 1.05 bits per heavy atom. The lowest BCUT2D eigenvalue weighted by atomic mass is 9.82. The molecule has 0 radical (unpaired) electrons. The summed E-state index contributed by atoms with van der Waals surface area (Å²) in [5.74, 6) is 0.744. The van der Waals surface area contributed by atoms with Gasteiger partial charge in [-0.15, -0.1) is 0 Å². The zero-order chi connectivity index (χ0) is 14.5. The average Bonchev–Trinajstić information content (AvgIpc) is 3.06. The lowest BCUT2D eigenvalue weighted by Gasteiger charge is -2.35. The molecule has 1 aromatic rings. The first-order valence-electron chi connectivity index (χ1n) is 8.90. The maximum absolute atomic E-state index is 5.76. The Balaban J connectivity index is 1.70. The van der Waals surface area contributed by atoms with Crippen molar-refractivity contribution in [3.63, 3.8) is 0 Å². The topological polar surface area (TPSA) is 29.3 Å². The number of fused-ring (bicyclic) bond motifs is 1. The SMILES string of the molecule is NCCCN(CC1CCCc2ccccc21)C1CCCC1. The summed E-state index contributed by atoms with van der Waals surface area (Å²) in [5, 5.41) is 0. The van der Waals surface area contributed by atoms with Gasteiger partial charge in [0.2, 0.25) is 0 Å². The highest BCUT2D eigenvalue weighted by Crippen LogP contribution is 2.34. The standard InChI is InChI=1S/C19H30N2/c20-13-6-14-21(18-10-2-3-11-18)15-17-9-5-8-16-7-1-4-12-19(16)17/h1,4,7,12,17-18H,2-3,5-6,8-11,13-15,20H2. The summed E-state index contributed by atoms with van der Waals surface area (Å²) in [5.41, 5.74) is 8.98. The Bertz CT molecular complexity index is 437. The largest absolute Gasteiger partial charge is 0.330 e. The molecule has 2 aliphatic rings. The van der Waals surface area contributed by atoms with Gasteiger partial charge in [-0.25, -0.2) is 0 Å². The first-order valence-corrected chi connectivity index (χ1v) is 8.90. The zero-order valence-corrected chi connectivity index (χ0v) is 13.3. The third kappa shape index (κ3) is 3.67. The van der Waals surface area contributed by atoms with Gasteiger partial charge in [0.25, 0.3) is 0 Å². The zero-order valence-electron chi connectivity index (χ0n) is 13.3. The van der Waals surface area contributed by atoms with Crippen molar-refractivity contribution in [2.45, 2.75) is 63.3 Å². The molecule has 1 aromatic carbocycles. The molecule has 0 spiro atoms. The second-order valence-electron chi connectivity index (χ2n) is 6.86. The molecular formula is C19H30N2. The highest BCUT2D eigenvalue weighted by atomic mass is 15.2. The fourth-order valence-corrected chi connectivity index (χ4v) is 4.31. The van der Waals surface area contributed by atoms with Crippen LogP contribution in [0.25, 0.3) is 0 Å². The molecule has 0 aliphatic heterocycles. The van der Waals surface area contributed by atoms with Crippen LogP contribution in [0.3, 0.4) is 0 Å². The molecule has 2 nitrogen and oxygen atoms in total. The van der Waals surface area contributed by atoms with E-state index in [0.717, 1.165) is 24.9 Å². The van der Waals surface area contributed by atoms with Crippen molar-refractivity contribution < 1.29 is 0 Å². The van der Waals surface area contributed by atoms with Gasteiger partial charge in [-0.2, -0.15) is 0 Å². The van der Waals surface area contributed by atoms with Gasteiger partial charge in [-0.1, -0.05) is 37.1 Å². The summed E-state index contributed by atoms with van der Waals surface area (Å²) in [6.07, 6.45) is 10.8. The molecule has 116 valence electrons. The van der Waals surface area contributed by atoms with E-state index in [0.29, 0.717) is 0 Å². The van der Waals surface area contributed by atoms with Crippen LogP contribution in [0.5, 0.6) is 0 Å². The van der Waals surface area contributed by atoms with E-state index in [9.17, 15) is 0 Å². The number of benzene rings is 1. The summed E-state index contributed by atoms with van der Waals surface area (Å²) in [4.78, 5) is 2.77. The van der Waals surface area contributed by atoms with Crippen molar-refractivity contribution in [2.24, 2.45) is 5.73 Å².